The van der Waals surface area contributed by atoms with E-state index < -0.39 is 0 Å². The molecule has 0 saturated carbocycles. The second kappa shape index (κ2) is 27.5. The fourth-order valence-corrected chi connectivity index (χ4v) is 15.5. The van der Waals surface area contributed by atoms with Crippen molar-refractivity contribution in [2.75, 3.05) is 147 Å². The number of nitrogens with zero attached hydrogens (tertiary/aromatic N) is 13. The van der Waals surface area contributed by atoms with E-state index in [0.717, 1.165) is 232 Å². The lowest BCUT2D eigenvalue weighted by Crippen LogP contribution is -2.44. The van der Waals surface area contributed by atoms with E-state index in [-0.39, 0.29) is 23.8 Å². The Labute approximate surface area is 581 Å². The number of aromatic nitrogens is 7. The number of piperazine rings is 2. The van der Waals surface area contributed by atoms with E-state index in [2.05, 4.69) is 176 Å². The molecule has 3 aromatic carbocycles. The Bertz CT molecular complexity index is 4590. The standard InChI is InChI=1S/C26H29N7O.C25H27N7O.C24H28N8O/c1-32-12-9-20-19(8-10-28-25(20)32)18-5-6-22(24-21(18)14-30-26(24)34)31-23-7-4-17(13-29-23)33-11-2-3-16(27)15-33;1-31-11-7-19-18(6-8-27-24(19)31)17-3-4-21(23-20(17)15-29-25(23)33)30-22-5-2-16(14-28-22)32-12-9-26-10-13-32;1-30-8-10-31(11-9-30)16-2-5-21(26-12-16)29-19-4-3-17(18-13-28-24(33)23(18)19)20-14-27-22-15-25-6-7-32(20)22/h4-8,10,13,16H,2-3,9,11-12,14-15,27H2,1H3,(H,29,31)(H,30,34);2-6,8,14,26H,7,9-13,15H2,1H3,(H,28,30)(H,29,33);2-5,12,14,25H,6-11,13,15H2,1H3,(H,26,29)(H,28,33)/t16-;;/m0../s1. The van der Waals surface area contributed by atoms with Crippen molar-refractivity contribution < 1.29 is 14.4 Å². The highest BCUT2D eigenvalue weighted by atomic mass is 16.2. The first kappa shape index (κ1) is 64.0. The zero-order valence-corrected chi connectivity index (χ0v) is 56.8. The van der Waals surface area contributed by atoms with Crippen LogP contribution in [0.25, 0.3) is 33.5 Å². The van der Waals surface area contributed by atoms with Crippen LogP contribution >= 0.6 is 0 Å². The third-order valence-corrected chi connectivity index (χ3v) is 20.9. The number of nitrogens with one attached hydrogen (secondary N) is 8. The maximum Gasteiger partial charge on any atom is 0.254 e. The molecule has 3 fully saturated rings. The van der Waals surface area contributed by atoms with Crippen LogP contribution in [-0.2, 0) is 45.6 Å². The largest absolute Gasteiger partial charge is 0.369 e. The van der Waals surface area contributed by atoms with Gasteiger partial charge in [-0.1, -0.05) is 18.2 Å². The monoisotopic (exact) mass is 1340 g/mol. The number of piperidine rings is 1. The summed E-state index contributed by atoms with van der Waals surface area (Å²) in [5, 5.41) is 25.9. The molecule has 512 valence electrons. The van der Waals surface area contributed by atoms with Crippen LogP contribution in [0.4, 0.5) is 63.2 Å². The molecule has 15 heterocycles. The van der Waals surface area contributed by atoms with Crippen LogP contribution < -0.4 is 72.8 Å². The van der Waals surface area contributed by atoms with E-state index in [1.165, 1.54) is 16.7 Å². The predicted molar refractivity (Wildman–Crippen MR) is 393 cm³/mol. The topological polar surface area (TPSA) is 275 Å². The van der Waals surface area contributed by atoms with Crippen LogP contribution in [0, 0.1) is 0 Å². The van der Waals surface area contributed by atoms with Gasteiger partial charge in [-0.05, 0) is 138 Å². The molecule has 6 aromatic heterocycles. The van der Waals surface area contributed by atoms with Crippen molar-refractivity contribution in [3.63, 3.8) is 0 Å². The molecule has 100 heavy (non-hydrogen) atoms. The maximum atomic E-state index is 12.8. The molecule has 25 heteroatoms. The Balaban J connectivity index is 0.000000117. The number of fused-ring (bicyclic) bond motifs is 6. The minimum absolute atomic E-state index is 0.0467. The lowest BCUT2D eigenvalue weighted by molar-refractivity contribution is 0.0958. The first-order valence-electron chi connectivity index (χ1n) is 35.0. The summed E-state index contributed by atoms with van der Waals surface area (Å²) >= 11 is 0. The quantitative estimate of drug-likeness (QED) is 0.0577. The number of hydrogen-bond donors (Lipinski definition) is 9. The summed E-state index contributed by atoms with van der Waals surface area (Å²) in [6.07, 6.45) is 15.4. The van der Waals surface area contributed by atoms with Gasteiger partial charge in [0.25, 0.3) is 17.7 Å². The number of likely N-dealkylation sites (N-methyl/N-ethyl adjacent to an activating group) is 3. The van der Waals surface area contributed by atoms with Crippen molar-refractivity contribution in [1.29, 1.82) is 0 Å². The minimum Gasteiger partial charge on any atom is -0.369 e. The predicted octanol–water partition coefficient (Wildman–Crippen LogP) is 7.37. The molecule has 18 rings (SSSR count). The Kier molecular flexibility index (Phi) is 17.6. The molecule has 0 unspecified atom stereocenters. The molecule has 9 aliphatic rings. The Morgan fingerprint density at radius 3 is 1.38 bits per heavy atom. The van der Waals surface area contributed by atoms with E-state index in [1.807, 2.05) is 73.6 Å². The molecule has 0 spiro atoms. The van der Waals surface area contributed by atoms with Gasteiger partial charge in [0.2, 0.25) is 0 Å². The average molecular weight is 1340 g/mol. The van der Waals surface area contributed by atoms with Crippen molar-refractivity contribution in [2.45, 2.75) is 64.4 Å². The van der Waals surface area contributed by atoms with Crippen molar-refractivity contribution in [3.05, 3.63) is 172 Å². The number of imidazole rings is 1. The molecule has 9 aromatic rings. The number of nitrogens with two attached hydrogens (primary N) is 1. The summed E-state index contributed by atoms with van der Waals surface area (Å²) in [5.74, 6) is 5.13. The number of hydrogen-bond acceptors (Lipinski definition) is 21. The highest BCUT2D eigenvalue weighted by Gasteiger charge is 2.33. The molecule has 3 saturated heterocycles. The zero-order valence-electron chi connectivity index (χ0n) is 56.8. The van der Waals surface area contributed by atoms with Crippen LogP contribution in [0.3, 0.4) is 0 Å². The van der Waals surface area contributed by atoms with Gasteiger partial charge in [-0.2, -0.15) is 0 Å². The SMILES string of the molecule is CN1CCN(c2ccc(Nc3ccc(-c4cnc5n4CCNC5)c4c3C(=O)NC4)nc2)CC1.CN1CCc2c(-c3ccc(Nc4ccc(N5CCC[C@H](N)C5)cn4)c4c3CNC4=O)ccnc21.CN1CCc2c(-c3ccc(Nc4ccc(N5CCNCC5)cn4)c4c3CNC4=O)ccnc21. The number of carbonyl (C=O) groups is 3. The normalized spacial score (nSPS) is 18.1. The first-order valence-corrected chi connectivity index (χ1v) is 35.0. The van der Waals surface area contributed by atoms with Gasteiger partial charge in [0.1, 0.15) is 34.9 Å². The molecule has 9 aliphatic heterocycles. The van der Waals surface area contributed by atoms with Gasteiger partial charge in [-0.25, -0.2) is 29.9 Å². The molecular formula is C75H84N22O3. The van der Waals surface area contributed by atoms with Crippen LogP contribution in [0.2, 0.25) is 0 Å². The third-order valence-electron chi connectivity index (χ3n) is 20.9. The van der Waals surface area contributed by atoms with Crippen molar-refractivity contribution in [3.8, 4) is 33.5 Å². The van der Waals surface area contributed by atoms with E-state index in [4.69, 9.17) is 5.73 Å². The van der Waals surface area contributed by atoms with E-state index in [0.29, 0.717) is 42.1 Å². The number of carbonyl (C=O) groups excluding carboxylic acids is 3. The fourth-order valence-electron chi connectivity index (χ4n) is 15.5. The van der Waals surface area contributed by atoms with Crippen LogP contribution in [0.1, 0.15) is 77.6 Å². The number of benzene rings is 3. The second-order valence-corrected chi connectivity index (χ2v) is 27.1. The van der Waals surface area contributed by atoms with Crippen LogP contribution in [-0.4, -0.2) is 169 Å². The van der Waals surface area contributed by atoms with Crippen LogP contribution in [0.5, 0.6) is 0 Å². The van der Waals surface area contributed by atoms with Gasteiger partial charge in [-0.3, -0.25) is 14.4 Å². The molecule has 0 radical (unpaired) electrons. The number of anilines is 11. The summed E-state index contributed by atoms with van der Waals surface area (Å²) in [6.45, 7) is 16.0. The van der Waals surface area contributed by atoms with Crippen molar-refractivity contribution >= 4 is 80.9 Å². The Hall–Kier alpha value is -10.7. The molecule has 10 N–H and O–H groups in total. The Morgan fingerprint density at radius 1 is 0.430 bits per heavy atom. The van der Waals surface area contributed by atoms with E-state index >= 15 is 0 Å². The molecule has 1 atom stereocenters. The lowest BCUT2D eigenvalue weighted by Gasteiger charge is -2.33. The van der Waals surface area contributed by atoms with Gasteiger partial charge >= 0.3 is 0 Å². The highest BCUT2D eigenvalue weighted by molar-refractivity contribution is 6.08. The summed E-state index contributed by atoms with van der Waals surface area (Å²) in [4.78, 5) is 79.7. The van der Waals surface area contributed by atoms with E-state index in [1.54, 1.807) is 0 Å². The maximum absolute atomic E-state index is 12.8. The molecule has 0 aliphatic carbocycles. The first-order chi connectivity index (χ1) is 48.9. The number of pyridine rings is 5. The number of rotatable bonds is 12. The summed E-state index contributed by atoms with van der Waals surface area (Å²) in [6, 6.07) is 28.8. The average Bonchev–Trinajstić information content (AvgIpc) is 1.51. The lowest BCUT2D eigenvalue weighted by atomic mass is 9.92. The molecule has 0 bridgehead atoms. The fraction of sp³-hybridized carbons (Fsp3) is 0.347. The molecular weight excluding hydrogens is 1260 g/mol. The van der Waals surface area contributed by atoms with Gasteiger partial charge in [-0.15, -0.1) is 0 Å². The van der Waals surface area contributed by atoms with Crippen molar-refractivity contribution in [1.82, 2.24) is 66.0 Å². The van der Waals surface area contributed by atoms with E-state index in [9.17, 15) is 14.4 Å². The molecule has 25 nitrogen and oxygen atoms in total. The summed E-state index contributed by atoms with van der Waals surface area (Å²) < 4.78 is 2.25. The van der Waals surface area contributed by atoms with Gasteiger partial charge in [0, 0.05) is 160 Å². The smallest absolute Gasteiger partial charge is 0.254 e. The Morgan fingerprint density at radius 2 is 0.890 bits per heavy atom. The van der Waals surface area contributed by atoms with Gasteiger partial charge < -0.3 is 82.2 Å². The molecule has 3 amide bonds. The third kappa shape index (κ3) is 12.6. The zero-order chi connectivity index (χ0) is 68.0. The van der Waals surface area contributed by atoms with Gasteiger partial charge in [0.05, 0.1) is 87.8 Å². The summed E-state index contributed by atoms with van der Waals surface area (Å²) in [7, 11) is 6.30. The van der Waals surface area contributed by atoms with Crippen molar-refractivity contribution in [2.24, 2.45) is 5.73 Å². The summed E-state index contributed by atoms with van der Waals surface area (Å²) in [5.41, 5.74) is 26.1. The van der Waals surface area contributed by atoms with Crippen LogP contribution in [0.15, 0.2) is 122 Å². The minimum atomic E-state index is -0.0545. The number of amides is 3. The highest BCUT2D eigenvalue weighted by Crippen LogP contribution is 2.43. The van der Waals surface area contributed by atoms with Gasteiger partial charge in [0.15, 0.2) is 0 Å². The second-order valence-electron chi connectivity index (χ2n) is 27.1.